The van der Waals surface area contributed by atoms with Crippen LogP contribution in [0.4, 0.5) is 10.8 Å². The molecule has 0 atom stereocenters. The van der Waals surface area contributed by atoms with Crippen molar-refractivity contribution < 1.29 is 8.42 Å². The minimum atomic E-state index is -3.64. The van der Waals surface area contributed by atoms with E-state index < -0.39 is 10.0 Å². The number of aromatic nitrogens is 1. The van der Waals surface area contributed by atoms with Crippen LogP contribution in [0.1, 0.15) is 5.56 Å². The average molecular weight is 334 g/mol. The minimum Gasteiger partial charge on any atom is -0.300 e. The van der Waals surface area contributed by atoms with Gasteiger partial charge < -0.3 is 0 Å². The Morgan fingerprint density at radius 2 is 1.86 bits per heavy atom. The summed E-state index contributed by atoms with van der Waals surface area (Å²) in [6.45, 7) is 1.94. The number of hydrogen-bond donors (Lipinski definition) is 3. The Morgan fingerprint density at radius 1 is 1.14 bits per heavy atom. The van der Waals surface area contributed by atoms with Crippen molar-refractivity contribution in [3.63, 3.8) is 0 Å². The third-order valence-corrected chi connectivity index (χ3v) is 5.43. The molecule has 2 aromatic carbocycles. The lowest BCUT2D eigenvalue weighted by Crippen LogP contribution is -2.12. The Hall–Kier alpha value is -2.16. The van der Waals surface area contributed by atoms with Crippen molar-refractivity contribution in [2.24, 2.45) is 5.84 Å². The molecule has 0 bridgehead atoms. The van der Waals surface area contributed by atoms with E-state index in [4.69, 9.17) is 5.84 Å². The molecule has 0 saturated carbocycles. The van der Waals surface area contributed by atoms with Gasteiger partial charge in [0.05, 0.1) is 15.1 Å². The van der Waals surface area contributed by atoms with Crippen molar-refractivity contribution in [2.75, 3.05) is 10.1 Å². The fourth-order valence-corrected chi connectivity index (χ4v) is 3.94. The first-order valence-corrected chi connectivity index (χ1v) is 8.74. The van der Waals surface area contributed by atoms with Crippen LogP contribution in [0.3, 0.4) is 0 Å². The van der Waals surface area contributed by atoms with Crippen molar-refractivity contribution >= 4 is 42.4 Å². The summed E-state index contributed by atoms with van der Waals surface area (Å²) in [7, 11) is -3.64. The lowest BCUT2D eigenvalue weighted by molar-refractivity contribution is 0.601. The lowest BCUT2D eigenvalue weighted by atomic mass is 10.2. The van der Waals surface area contributed by atoms with Crippen molar-refractivity contribution in [1.82, 2.24) is 4.98 Å². The van der Waals surface area contributed by atoms with Gasteiger partial charge in [0.1, 0.15) is 0 Å². The van der Waals surface area contributed by atoms with E-state index in [1.165, 1.54) is 17.4 Å². The first-order chi connectivity index (χ1) is 10.5. The fraction of sp³-hybridized carbons (Fsp3) is 0.0714. The Kier molecular flexibility index (Phi) is 3.73. The molecule has 8 heteroatoms. The van der Waals surface area contributed by atoms with Crippen LogP contribution in [0, 0.1) is 6.92 Å². The molecule has 0 aliphatic carbocycles. The Morgan fingerprint density at radius 3 is 2.55 bits per heavy atom. The molecule has 0 amide bonds. The van der Waals surface area contributed by atoms with E-state index in [1.54, 1.807) is 24.3 Å². The number of sulfonamides is 1. The molecule has 114 valence electrons. The summed E-state index contributed by atoms with van der Waals surface area (Å²) in [6.07, 6.45) is 0. The third kappa shape index (κ3) is 2.89. The zero-order valence-corrected chi connectivity index (χ0v) is 13.3. The molecular weight excluding hydrogens is 320 g/mol. The SMILES string of the molecule is Cc1ccc(NS(=O)(=O)c2ccc3nc(NN)sc3c2)cc1. The maximum atomic E-state index is 12.4. The first kappa shape index (κ1) is 14.8. The quantitative estimate of drug-likeness (QED) is 0.503. The molecule has 6 nitrogen and oxygen atoms in total. The van der Waals surface area contributed by atoms with Gasteiger partial charge in [-0.25, -0.2) is 19.2 Å². The molecule has 0 unspecified atom stereocenters. The average Bonchev–Trinajstić information content (AvgIpc) is 2.91. The lowest BCUT2D eigenvalue weighted by Gasteiger charge is -2.08. The topological polar surface area (TPSA) is 97.1 Å². The van der Waals surface area contributed by atoms with E-state index >= 15 is 0 Å². The largest absolute Gasteiger partial charge is 0.300 e. The second-order valence-electron chi connectivity index (χ2n) is 4.76. The molecule has 0 aliphatic heterocycles. The summed E-state index contributed by atoms with van der Waals surface area (Å²) in [5.41, 5.74) is 4.76. The number of fused-ring (bicyclic) bond motifs is 1. The van der Waals surface area contributed by atoms with Gasteiger partial charge in [0.15, 0.2) is 5.13 Å². The summed E-state index contributed by atoms with van der Waals surface area (Å²) in [6, 6.07) is 11.9. The van der Waals surface area contributed by atoms with Gasteiger partial charge in [-0.2, -0.15) is 0 Å². The predicted molar refractivity (Wildman–Crippen MR) is 89.4 cm³/mol. The molecule has 1 heterocycles. The number of nitrogens with one attached hydrogen (secondary N) is 2. The van der Waals surface area contributed by atoms with Gasteiger partial charge in [0.2, 0.25) is 0 Å². The first-order valence-electron chi connectivity index (χ1n) is 6.45. The maximum absolute atomic E-state index is 12.4. The maximum Gasteiger partial charge on any atom is 0.261 e. The van der Waals surface area contributed by atoms with E-state index in [9.17, 15) is 8.42 Å². The second-order valence-corrected chi connectivity index (χ2v) is 7.48. The Bertz CT molecular complexity index is 918. The Labute approximate surface area is 132 Å². The number of hydrazine groups is 1. The zero-order valence-electron chi connectivity index (χ0n) is 11.7. The van der Waals surface area contributed by atoms with Crippen LogP contribution in [0.15, 0.2) is 47.4 Å². The fourth-order valence-electron chi connectivity index (χ4n) is 1.97. The predicted octanol–water partition coefficient (Wildman–Crippen LogP) is 2.69. The van der Waals surface area contributed by atoms with Crippen molar-refractivity contribution in [3.05, 3.63) is 48.0 Å². The molecule has 3 rings (SSSR count). The zero-order chi connectivity index (χ0) is 15.7. The monoisotopic (exact) mass is 334 g/mol. The number of rotatable bonds is 4. The normalized spacial score (nSPS) is 11.5. The molecule has 1 aromatic heterocycles. The summed E-state index contributed by atoms with van der Waals surface area (Å²) in [4.78, 5) is 4.40. The van der Waals surface area contributed by atoms with Crippen molar-refractivity contribution in [3.8, 4) is 0 Å². The standard InChI is InChI=1S/C14H14N4O2S2/c1-9-2-4-10(5-3-9)18-22(19,20)11-6-7-12-13(8-11)21-14(16-12)17-15/h2-8,18H,15H2,1H3,(H,16,17). The smallest absolute Gasteiger partial charge is 0.261 e. The van der Waals surface area contributed by atoms with Gasteiger partial charge in [-0.05, 0) is 37.3 Å². The van der Waals surface area contributed by atoms with E-state index in [0.29, 0.717) is 16.3 Å². The highest BCUT2D eigenvalue weighted by Gasteiger charge is 2.16. The summed E-state index contributed by atoms with van der Waals surface area (Å²) in [5, 5.41) is 0.538. The minimum absolute atomic E-state index is 0.188. The van der Waals surface area contributed by atoms with Gasteiger partial charge in [0.25, 0.3) is 10.0 Å². The highest BCUT2D eigenvalue weighted by atomic mass is 32.2. The van der Waals surface area contributed by atoms with Crippen molar-refractivity contribution in [2.45, 2.75) is 11.8 Å². The molecule has 0 spiro atoms. The van der Waals surface area contributed by atoms with E-state index in [2.05, 4.69) is 15.1 Å². The van der Waals surface area contributed by atoms with Crippen LogP contribution in [0.2, 0.25) is 0 Å². The molecule has 0 aliphatic rings. The number of aryl methyl sites for hydroxylation is 1. The van der Waals surface area contributed by atoms with Crippen LogP contribution >= 0.6 is 11.3 Å². The molecule has 3 aromatic rings. The van der Waals surface area contributed by atoms with Crippen LogP contribution in [0.25, 0.3) is 10.2 Å². The highest BCUT2D eigenvalue weighted by molar-refractivity contribution is 7.92. The molecule has 0 radical (unpaired) electrons. The van der Waals surface area contributed by atoms with Crippen LogP contribution in [-0.2, 0) is 10.0 Å². The van der Waals surface area contributed by atoms with Gasteiger partial charge in [-0.3, -0.25) is 10.1 Å². The number of anilines is 2. The van der Waals surface area contributed by atoms with Crippen LogP contribution in [-0.4, -0.2) is 13.4 Å². The number of nitrogen functional groups attached to an aromatic ring is 1. The molecule has 0 fully saturated rings. The van der Waals surface area contributed by atoms with E-state index in [1.807, 2.05) is 19.1 Å². The third-order valence-electron chi connectivity index (χ3n) is 3.10. The second kappa shape index (κ2) is 5.56. The summed E-state index contributed by atoms with van der Waals surface area (Å²) >= 11 is 1.30. The van der Waals surface area contributed by atoms with Gasteiger partial charge >= 0.3 is 0 Å². The van der Waals surface area contributed by atoms with E-state index in [0.717, 1.165) is 10.3 Å². The number of hydrogen-bond acceptors (Lipinski definition) is 6. The highest BCUT2D eigenvalue weighted by Crippen LogP contribution is 2.28. The van der Waals surface area contributed by atoms with Crippen LogP contribution < -0.4 is 16.0 Å². The van der Waals surface area contributed by atoms with Gasteiger partial charge in [-0.15, -0.1) is 0 Å². The summed E-state index contributed by atoms with van der Waals surface area (Å²) in [5.74, 6) is 5.32. The number of nitrogens with two attached hydrogens (primary N) is 1. The summed E-state index contributed by atoms with van der Waals surface area (Å²) < 4.78 is 28.2. The van der Waals surface area contributed by atoms with Gasteiger partial charge in [-0.1, -0.05) is 29.0 Å². The van der Waals surface area contributed by atoms with E-state index in [-0.39, 0.29) is 4.90 Å². The number of nitrogens with zero attached hydrogens (tertiary/aromatic N) is 1. The Balaban J connectivity index is 1.95. The molecule has 22 heavy (non-hydrogen) atoms. The molecule has 4 N–H and O–H groups in total. The number of thiazole rings is 1. The molecular formula is C14H14N4O2S2. The molecule has 0 saturated heterocycles. The number of benzene rings is 2. The van der Waals surface area contributed by atoms with Gasteiger partial charge in [0, 0.05) is 5.69 Å². The van der Waals surface area contributed by atoms with Crippen molar-refractivity contribution in [1.29, 1.82) is 0 Å². The van der Waals surface area contributed by atoms with Crippen LogP contribution in [0.5, 0.6) is 0 Å².